The highest BCUT2D eigenvalue weighted by molar-refractivity contribution is 6.07. The van der Waals surface area contributed by atoms with Crippen LogP contribution < -0.4 is 15.4 Å². The molecule has 15 nitrogen and oxygen atoms in total. The fraction of sp³-hybridized carbons (Fsp3) is 0.489. The van der Waals surface area contributed by atoms with Crippen molar-refractivity contribution < 1.29 is 33.4 Å². The third kappa shape index (κ3) is 8.93. The van der Waals surface area contributed by atoms with E-state index in [-0.39, 0.29) is 29.8 Å². The maximum atomic E-state index is 14.0. The zero-order chi connectivity index (χ0) is 45.0. The van der Waals surface area contributed by atoms with Gasteiger partial charge in [0.05, 0.1) is 49.2 Å². The summed E-state index contributed by atoms with van der Waals surface area (Å²) in [5, 5.41) is 7.36. The lowest BCUT2D eigenvalue weighted by atomic mass is 9.92. The zero-order valence-corrected chi connectivity index (χ0v) is 37.8. The summed E-state index contributed by atoms with van der Waals surface area (Å²) in [7, 11) is 2.57. The van der Waals surface area contributed by atoms with Crippen molar-refractivity contribution in [1.82, 2.24) is 40.4 Å². The van der Waals surface area contributed by atoms with Crippen molar-refractivity contribution in [2.45, 2.75) is 131 Å². The fourth-order valence-corrected chi connectivity index (χ4v) is 8.57. The molecule has 0 fully saturated rings. The standard InChI is InChI=1S/C47H62N8O7/c1-12-26(7)54(45(57)40(25(5)6)53-47(59)61-11)27(8)42-48-23-38(50-42)30-16-18-33-31(20-30)24-62-39-22-34-29(21-35(33)39)17-19-37-41(34)52-43(49-37)28(9)55(32(13-2)14-3)44(56)36(15-4)51-46(58)60-10/h16-23,25-28,32,36,40H,12-15,24H2,1-11H3,(H,48,50)(H,49,52)(H,51,58)(H,53,59)/t26-,27-,28-,36?,40-/m0/s1. The fourth-order valence-electron chi connectivity index (χ4n) is 8.57. The first-order chi connectivity index (χ1) is 29.7. The lowest BCUT2D eigenvalue weighted by molar-refractivity contribution is -0.139. The highest BCUT2D eigenvalue weighted by Crippen LogP contribution is 2.43. The van der Waals surface area contributed by atoms with Crippen molar-refractivity contribution in [3.8, 4) is 28.1 Å². The van der Waals surface area contributed by atoms with Crippen LogP contribution in [0.4, 0.5) is 9.59 Å². The predicted octanol–water partition coefficient (Wildman–Crippen LogP) is 8.95. The Balaban J connectivity index is 1.28. The number of carbonyl (C=O) groups excluding carboxylic acids is 4. The number of hydrogen-bond acceptors (Lipinski definition) is 9. The number of alkyl carbamates (subject to hydrolysis) is 2. The maximum Gasteiger partial charge on any atom is 0.407 e. The van der Waals surface area contributed by atoms with E-state index in [1.54, 1.807) is 11.1 Å². The largest absolute Gasteiger partial charge is 0.488 e. The Labute approximate surface area is 363 Å². The average molecular weight is 851 g/mol. The number of imidazole rings is 2. The maximum absolute atomic E-state index is 14.0. The van der Waals surface area contributed by atoms with Gasteiger partial charge in [-0.25, -0.2) is 19.6 Å². The van der Waals surface area contributed by atoms with E-state index in [0.29, 0.717) is 24.7 Å². The second-order valence-corrected chi connectivity index (χ2v) is 16.5. The monoisotopic (exact) mass is 850 g/mol. The number of fused-ring (bicyclic) bond motifs is 6. The third-order valence-corrected chi connectivity index (χ3v) is 12.4. The van der Waals surface area contributed by atoms with E-state index in [1.807, 2.05) is 65.5 Å². The molecule has 0 bridgehead atoms. The molecule has 3 aromatic carbocycles. The zero-order valence-electron chi connectivity index (χ0n) is 37.8. The average Bonchev–Trinajstić information content (AvgIpc) is 3.96. The normalized spacial score (nSPS) is 14.6. The van der Waals surface area contributed by atoms with Crippen LogP contribution in [0.1, 0.15) is 117 Å². The first-order valence-corrected chi connectivity index (χ1v) is 21.8. The summed E-state index contributed by atoms with van der Waals surface area (Å²) in [4.78, 5) is 72.8. The Morgan fingerprint density at radius 2 is 1.47 bits per heavy atom. The molecule has 332 valence electrons. The molecule has 1 aliphatic rings. The van der Waals surface area contributed by atoms with Gasteiger partial charge >= 0.3 is 12.2 Å². The van der Waals surface area contributed by atoms with E-state index >= 15 is 0 Å². The lowest BCUT2D eigenvalue weighted by Gasteiger charge is -2.37. The Morgan fingerprint density at radius 3 is 2.11 bits per heavy atom. The number of rotatable bonds is 16. The van der Waals surface area contributed by atoms with Crippen LogP contribution in [-0.2, 0) is 25.7 Å². The second kappa shape index (κ2) is 19.3. The molecule has 3 heterocycles. The minimum absolute atomic E-state index is 0.0627. The summed E-state index contributed by atoms with van der Waals surface area (Å²) in [5.41, 5.74) is 6.44. The Bertz CT molecular complexity index is 2420. The minimum Gasteiger partial charge on any atom is -0.488 e. The molecule has 0 radical (unpaired) electrons. The van der Waals surface area contributed by atoms with Gasteiger partial charge in [0.25, 0.3) is 0 Å². The summed E-state index contributed by atoms with van der Waals surface area (Å²) in [6, 6.07) is 12.1. The van der Waals surface area contributed by atoms with E-state index in [4.69, 9.17) is 24.2 Å². The molecule has 5 atom stereocenters. The molecule has 4 amide bonds. The number of hydrogen-bond donors (Lipinski definition) is 4. The first kappa shape index (κ1) is 45.4. The van der Waals surface area contributed by atoms with Crippen LogP contribution in [0.3, 0.4) is 0 Å². The Kier molecular flexibility index (Phi) is 14.1. The molecule has 1 unspecified atom stereocenters. The number of nitrogens with one attached hydrogen (secondary N) is 4. The van der Waals surface area contributed by atoms with E-state index < -0.39 is 36.4 Å². The van der Waals surface area contributed by atoms with Gasteiger partial charge in [-0.1, -0.05) is 59.7 Å². The van der Waals surface area contributed by atoms with Crippen LogP contribution in [0.2, 0.25) is 0 Å². The highest BCUT2D eigenvalue weighted by Gasteiger charge is 2.36. The van der Waals surface area contributed by atoms with Crippen molar-refractivity contribution in [2.75, 3.05) is 14.2 Å². The van der Waals surface area contributed by atoms with Gasteiger partial charge in [0, 0.05) is 23.0 Å². The van der Waals surface area contributed by atoms with Crippen LogP contribution in [0, 0.1) is 5.92 Å². The third-order valence-electron chi connectivity index (χ3n) is 12.4. The summed E-state index contributed by atoms with van der Waals surface area (Å²) < 4.78 is 16.1. The number of H-pyrrole nitrogens is 2. The SMILES string of the molecule is CCC(NC(=O)OC)C(=O)N(C(CC)CC)[C@@H](C)c1nc2c(ccc3cc4c(cc32)OCc2cc(-c3cnc([C@H](C)N(C(=O)[C@@H](NC(=O)OC)C(C)C)[C@@H](C)CC)[nH]3)ccc2-4)[nH]1. The van der Waals surface area contributed by atoms with Gasteiger partial charge in [-0.05, 0) is 98.7 Å². The quantitative estimate of drug-likeness (QED) is 0.0753. The van der Waals surface area contributed by atoms with Crippen molar-refractivity contribution in [2.24, 2.45) is 5.92 Å². The predicted molar refractivity (Wildman–Crippen MR) is 239 cm³/mol. The number of aromatic nitrogens is 4. The van der Waals surface area contributed by atoms with Crippen LogP contribution in [0.25, 0.3) is 44.2 Å². The molecular weight excluding hydrogens is 789 g/mol. The molecule has 62 heavy (non-hydrogen) atoms. The van der Waals surface area contributed by atoms with Crippen molar-refractivity contribution in [3.05, 3.63) is 65.9 Å². The highest BCUT2D eigenvalue weighted by atomic mass is 16.5. The van der Waals surface area contributed by atoms with Gasteiger partial charge in [-0.3, -0.25) is 9.59 Å². The minimum atomic E-state index is -0.759. The molecule has 0 aliphatic carbocycles. The number of amides is 4. The van der Waals surface area contributed by atoms with Crippen LogP contribution in [0.15, 0.2) is 48.7 Å². The second-order valence-electron chi connectivity index (χ2n) is 16.5. The van der Waals surface area contributed by atoms with Gasteiger partial charge in [0.2, 0.25) is 11.8 Å². The van der Waals surface area contributed by atoms with E-state index in [0.717, 1.165) is 74.8 Å². The number of benzene rings is 3. The molecule has 0 saturated carbocycles. The number of aromatic amines is 2. The van der Waals surface area contributed by atoms with Crippen LogP contribution in [-0.4, -0.2) is 92.1 Å². The Morgan fingerprint density at radius 1 is 0.774 bits per heavy atom. The molecular formula is C47H62N8O7. The molecule has 5 aromatic rings. The van der Waals surface area contributed by atoms with E-state index in [2.05, 4.69) is 64.8 Å². The molecule has 15 heteroatoms. The van der Waals surface area contributed by atoms with Crippen molar-refractivity contribution in [1.29, 1.82) is 0 Å². The van der Waals surface area contributed by atoms with Crippen molar-refractivity contribution >= 4 is 45.8 Å². The first-order valence-electron chi connectivity index (χ1n) is 21.8. The number of ether oxygens (including phenoxy) is 3. The van der Waals surface area contributed by atoms with E-state index in [1.165, 1.54) is 14.2 Å². The van der Waals surface area contributed by atoms with Crippen LogP contribution >= 0.6 is 0 Å². The molecule has 0 spiro atoms. The molecule has 6 rings (SSSR count). The van der Waals surface area contributed by atoms with Gasteiger partial charge in [-0.15, -0.1) is 0 Å². The smallest absolute Gasteiger partial charge is 0.407 e. The lowest BCUT2D eigenvalue weighted by Crippen LogP contribution is -2.54. The summed E-state index contributed by atoms with van der Waals surface area (Å²) in [6.45, 7) is 18.1. The van der Waals surface area contributed by atoms with Crippen LogP contribution in [0.5, 0.6) is 5.75 Å². The summed E-state index contributed by atoms with van der Waals surface area (Å²) in [5.74, 6) is 1.51. The molecule has 4 N–H and O–H groups in total. The molecule has 2 aromatic heterocycles. The van der Waals surface area contributed by atoms with Gasteiger partial charge < -0.3 is 44.6 Å². The van der Waals surface area contributed by atoms with Gasteiger partial charge in [-0.2, -0.15) is 0 Å². The van der Waals surface area contributed by atoms with Gasteiger partial charge in [0.1, 0.15) is 36.1 Å². The molecule has 0 saturated heterocycles. The topological polar surface area (TPSA) is 184 Å². The van der Waals surface area contributed by atoms with Crippen molar-refractivity contribution in [3.63, 3.8) is 0 Å². The number of carbonyl (C=O) groups is 4. The Hall–Kier alpha value is -6.12. The number of nitrogens with zero attached hydrogens (tertiary/aromatic N) is 4. The van der Waals surface area contributed by atoms with Gasteiger partial charge in [0.15, 0.2) is 0 Å². The summed E-state index contributed by atoms with van der Waals surface area (Å²) in [6.07, 6.45) is 3.13. The number of methoxy groups -OCH3 is 2. The molecule has 1 aliphatic heterocycles. The van der Waals surface area contributed by atoms with E-state index in [9.17, 15) is 19.2 Å². The summed E-state index contributed by atoms with van der Waals surface area (Å²) >= 11 is 0.